The molecule has 186 valence electrons. The van der Waals surface area contributed by atoms with Crippen LogP contribution in [0.15, 0.2) is 0 Å². The summed E-state index contributed by atoms with van der Waals surface area (Å²) in [4.78, 5) is 12.4. The maximum absolute atomic E-state index is 12.4. The molecule has 0 saturated heterocycles. The van der Waals surface area contributed by atoms with Gasteiger partial charge in [0.05, 0.1) is 17.6 Å². The fraction of sp³-hybridized carbons (Fsp3) is 0.931. The Labute approximate surface area is 204 Å². The smallest absolute Gasteiger partial charge is 0.200 e. The lowest BCUT2D eigenvalue weighted by molar-refractivity contribution is -0.155. The first-order valence-electron chi connectivity index (χ1n) is 14.0. The molecular formula is C29H49NO2Si. The number of hydrogen-bond acceptors (Lipinski definition) is 3. The minimum Gasteiger partial charge on any atom is -0.413 e. The van der Waals surface area contributed by atoms with Crippen molar-refractivity contribution < 1.29 is 9.22 Å². The molecular weight excluding hydrogens is 422 g/mol. The largest absolute Gasteiger partial charge is 0.413 e. The Hall–Kier alpha value is -0.663. The Morgan fingerprint density at radius 2 is 1.55 bits per heavy atom. The maximum Gasteiger partial charge on any atom is 0.200 e. The van der Waals surface area contributed by atoms with E-state index in [4.69, 9.17) is 4.43 Å². The van der Waals surface area contributed by atoms with Crippen LogP contribution in [0.2, 0.25) is 16.6 Å². The third-order valence-electron chi connectivity index (χ3n) is 11.9. The van der Waals surface area contributed by atoms with E-state index in [0.29, 0.717) is 59.1 Å². The highest BCUT2D eigenvalue weighted by Crippen LogP contribution is 2.70. The number of hydrogen-bond donors (Lipinski definition) is 0. The van der Waals surface area contributed by atoms with Gasteiger partial charge in [-0.3, -0.25) is 4.79 Å². The van der Waals surface area contributed by atoms with Crippen molar-refractivity contribution >= 4 is 14.1 Å². The number of Topliss-reactive ketones (excluding diaryl/α,β-unsaturated/α-hetero) is 1. The van der Waals surface area contributed by atoms with Crippen molar-refractivity contribution in [2.45, 2.75) is 136 Å². The average Bonchev–Trinajstić information content (AvgIpc) is 3.07. The zero-order valence-electron chi connectivity index (χ0n) is 22.7. The van der Waals surface area contributed by atoms with E-state index in [0.717, 1.165) is 19.3 Å². The van der Waals surface area contributed by atoms with Crippen LogP contribution in [-0.4, -0.2) is 20.2 Å². The van der Waals surface area contributed by atoms with Gasteiger partial charge in [0.2, 0.25) is 8.32 Å². The average molecular weight is 472 g/mol. The summed E-state index contributed by atoms with van der Waals surface area (Å²) in [6.45, 7) is 19.4. The van der Waals surface area contributed by atoms with Crippen LogP contribution in [0.3, 0.4) is 0 Å². The molecule has 33 heavy (non-hydrogen) atoms. The van der Waals surface area contributed by atoms with Crippen molar-refractivity contribution in [2.75, 3.05) is 0 Å². The summed E-state index contributed by atoms with van der Waals surface area (Å²) in [5.41, 5.74) is 1.74. The molecule has 4 saturated carbocycles. The van der Waals surface area contributed by atoms with E-state index >= 15 is 0 Å². The summed E-state index contributed by atoms with van der Waals surface area (Å²) in [7, 11) is -1.91. The van der Waals surface area contributed by atoms with Gasteiger partial charge in [-0.05, 0) is 90.2 Å². The highest BCUT2D eigenvalue weighted by atomic mass is 28.4. The number of nitriles is 1. The molecule has 4 aliphatic rings. The normalized spacial score (nSPS) is 43.4. The van der Waals surface area contributed by atoms with Gasteiger partial charge in [-0.2, -0.15) is 5.26 Å². The topological polar surface area (TPSA) is 50.1 Å². The predicted molar refractivity (Wildman–Crippen MR) is 137 cm³/mol. The van der Waals surface area contributed by atoms with E-state index < -0.39 is 13.7 Å². The first-order valence-corrected chi connectivity index (χ1v) is 16.1. The molecule has 0 aromatic carbocycles. The Kier molecular flexibility index (Phi) is 6.53. The summed E-state index contributed by atoms with van der Waals surface area (Å²) in [6.07, 6.45) is 9.50. The Morgan fingerprint density at radius 1 is 0.909 bits per heavy atom. The van der Waals surface area contributed by atoms with Crippen molar-refractivity contribution in [2.24, 2.45) is 34.0 Å². The molecule has 0 N–H and O–H groups in total. The van der Waals surface area contributed by atoms with Crippen molar-refractivity contribution in [3.63, 3.8) is 0 Å². The molecule has 0 aromatic heterocycles. The lowest BCUT2D eigenvalue weighted by Crippen LogP contribution is -2.59. The Balaban J connectivity index is 1.62. The minimum absolute atomic E-state index is 0.00512. The molecule has 3 nitrogen and oxygen atoms in total. The first kappa shape index (κ1) is 25.4. The summed E-state index contributed by atoms with van der Waals surface area (Å²) in [5.74, 6) is 2.33. The number of nitrogens with zero attached hydrogens (tertiary/aromatic N) is 1. The Bertz CT molecular complexity index is 793. The van der Waals surface area contributed by atoms with Crippen molar-refractivity contribution in [1.29, 1.82) is 5.26 Å². The molecule has 4 aliphatic carbocycles. The fourth-order valence-corrected chi connectivity index (χ4v) is 15.8. The fourth-order valence-electron chi connectivity index (χ4n) is 10.1. The van der Waals surface area contributed by atoms with Crippen LogP contribution in [-0.2, 0) is 9.22 Å². The second-order valence-electron chi connectivity index (χ2n) is 13.8. The van der Waals surface area contributed by atoms with Crippen LogP contribution in [0.25, 0.3) is 0 Å². The van der Waals surface area contributed by atoms with E-state index in [1.807, 2.05) is 0 Å². The molecule has 7 atom stereocenters. The zero-order valence-corrected chi connectivity index (χ0v) is 23.7. The summed E-state index contributed by atoms with van der Waals surface area (Å²) in [5, 5.41) is 10.3. The van der Waals surface area contributed by atoms with Gasteiger partial charge < -0.3 is 4.43 Å². The highest BCUT2D eigenvalue weighted by molar-refractivity contribution is 6.77. The molecule has 0 spiro atoms. The van der Waals surface area contributed by atoms with E-state index in [9.17, 15) is 10.1 Å². The third-order valence-corrected chi connectivity index (χ3v) is 18.0. The van der Waals surface area contributed by atoms with E-state index in [-0.39, 0.29) is 10.8 Å². The number of rotatable bonds is 5. The maximum atomic E-state index is 12.4. The lowest BCUT2D eigenvalue weighted by atomic mass is 9.40. The second-order valence-corrected chi connectivity index (χ2v) is 19.2. The molecule has 0 amide bonds. The summed E-state index contributed by atoms with van der Waals surface area (Å²) >= 11 is 0. The quantitative estimate of drug-likeness (QED) is 0.381. The van der Waals surface area contributed by atoms with Crippen molar-refractivity contribution in [3.8, 4) is 6.07 Å². The van der Waals surface area contributed by atoms with Crippen LogP contribution in [0, 0.1) is 45.3 Å². The van der Waals surface area contributed by atoms with Crippen LogP contribution in [0.1, 0.15) is 113 Å². The molecule has 0 aromatic rings. The molecule has 0 radical (unpaired) electrons. The monoisotopic (exact) mass is 471 g/mol. The standard InChI is InChI=1S/C29H49NO2Si/c1-19(2)33(20(3)4,21(5)6)32-26-10-9-24-23-12-16-29(18-30)17-22(31)11-15-28(29,8)25(23)13-14-27(24,26)7/h19-21,23-26H,9-17H2,1-8H3/t23-,24-,25-,26-,27-,28+,29+/m0/s1. The SMILES string of the molecule is CC(C)[Si](O[C@H]1CC[C@H]2[C@@H]3CC[C@]4(C#N)CC(=O)CC[C@]4(C)[C@H]3CC[C@]12C)(C(C)C)C(C)C. The van der Waals surface area contributed by atoms with Crippen LogP contribution >= 0.6 is 0 Å². The van der Waals surface area contributed by atoms with Crippen LogP contribution < -0.4 is 0 Å². The van der Waals surface area contributed by atoms with Gasteiger partial charge in [0, 0.05) is 12.8 Å². The van der Waals surface area contributed by atoms with Gasteiger partial charge in [0.25, 0.3) is 0 Å². The lowest BCUT2D eigenvalue weighted by Gasteiger charge is -2.63. The summed E-state index contributed by atoms with van der Waals surface area (Å²) < 4.78 is 7.46. The number of carbonyl (C=O) groups is 1. The predicted octanol–water partition coefficient (Wildman–Crippen LogP) is 8.05. The van der Waals surface area contributed by atoms with Crippen molar-refractivity contribution in [3.05, 3.63) is 0 Å². The van der Waals surface area contributed by atoms with Gasteiger partial charge in [-0.25, -0.2) is 0 Å². The molecule has 0 heterocycles. The highest BCUT2D eigenvalue weighted by Gasteiger charge is 2.66. The van der Waals surface area contributed by atoms with E-state index in [1.165, 1.54) is 25.7 Å². The molecule has 4 heteroatoms. The minimum atomic E-state index is -1.91. The molecule has 0 aliphatic heterocycles. The van der Waals surface area contributed by atoms with E-state index in [1.54, 1.807) is 0 Å². The van der Waals surface area contributed by atoms with Crippen LogP contribution in [0.5, 0.6) is 0 Å². The second kappa shape index (κ2) is 8.47. The van der Waals surface area contributed by atoms with Gasteiger partial charge in [0.15, 0.2) is 0 Å². The van der Waals surface area contributed by atoms with Crippen LogP contribution in [0.4, 0.5) is 0 Å². The number of ketones is 1. The summed E-state index contributed by atoms with van der Waals surface area (Å²) in [6, 6.07) is 2.73. The number of carbonyl (C=O) groups excluding carboxylic acids is 1. The van der Waals surface area contributed by atoms with Crippen molar-refractivity contribution in [1.82, 2.24) is 0 Å². The van der Waals surface area contributed by atoms with Gasteiger partial charge in [-0.1, -0.05) is 55.4 Å². The van der Waals surface area contributed by atoms with Gasteiger partial charge >= 0.3 is 0 Å². The molecule has 4 fully saturated rings. The van der Waals surface area contributed by atoms with Gasteiger partial charge in [-0.15, -0.1) is 0 Å². The number of fused-ring (bicyclic) bond motifs is 5. The van der Waals surface area contributed by atoms with E-state index in [2.05, 4.69) is 61.5 Å². The Morgan fingerprint density at radius 3 is 2.12 bits per heavy atom. The molecule has 0 unspecified atom stereocenters. The molecule has 4 rings (SSSR count). The third kappa shape index (κ3) is 3.46. The first-order chi connectivity index (χ1) is 15.4. The van der Waals surface area contributed by atoms with Gasteiger partial charge in [0.1, 0.15) is 5.78 Å². The zero-order chi connectivity index (χ0) is 24.4. The molecule has 0 bridgehead atoms.